The Morgan fingerprint density at radius 2 is 1.89 bits per heavy atom. The van der Waals surface area contributed by atoms with E-state index in [0.29, 0.717) is 16.6 Å². The number of hydrogen-bond donors (Lipinski definition) is 1. The largest absolute Gasteiger partial charge is 0.366 e. The Kier molecular flexibility index (Phi) is 2.48. The Bertz CT molecular complexity index is 786. The van der Waals surface area contributed by atoms with Crippen LogP contribution in [0, 0.1) is 0 Å². The number of nitrogens with two attached hydrogens (primary N) is 1. The van der Waals surface area contributed by atoms with Crippen LogP contribution in [0.5, 0.6) is 0 Å². The van der Waals surface area contributed by atoms with Crippen molar-refractivity contribution in [3.8, 4) is 0 Å². The molecule has 0 aliphatic rings. The van der Waals surface area contributed by atoms with Crippen molar-refractivity contribution in [1.29, 1.82) is 0 Å². The fraction of sp³-hybridized carbons (Fsp3) is 0. The van der Waals surface area contributed by atoms with Crippen LogP contribution in [0.25, 0.3) is 22.1 Å². The molecular weight excluding hydrogens is 294 g/mol. The monoisotopic (exact) mass is 301 g/mol. The third kappa shape index (κ3) is 1.73. The zero-order valence-corrected chi connectivity index (χ0v) is 10.8. The second-order valence-electron chi connectivity index (χ2n) is 3.89. The number of hydrogen-bond acceptors (Lipinski definition) is 3. The summed E-state index contributed by atoms with van der Waals surface area (Å²) in [6.45, 7) is 0. The quantitative estimate of drug-likeness (QED) is 0.703. The second kappa shape index (κ2) is 4.03. The SMILES string of the molecule is NC(=O)c1cccc2nc3cc(Br)ccc3nc12. The number of primary amides is 1. The van der Waals surface area contributed by atoms with Gasteiger partial charge in [0, 0.05) is 4.47 Å². The zero-order valence-electron chi connectivity index (χ0n) is 9.22. The molecule has 0 fully saturated rings. The highest BCUT2D eigenvalue weighted by atomic mass is 79.9. The average molecular weight is 302 g/mol. The number of aromatic nitrogens is 2. The van der Waals surface area contributed by atoms with Crippen LogP contribution in [0.2, 0.25) is 0 Å². The number of nitrogens with zero attached hydrogens (tertiary/aromatic N) is 2. The minimum Gasteiger partial charge on any atom is -0.366 e. The summed E-state index contributed by atoms with van der Waals surface area (Å²) >= 11 is 3.39. The van der Waals surface area contributed by atoms with E-state index in [1.54, 1.807) is 12.1 Å². The van der Waals surface area contributed by atoms with Crippen LogP contribution in [0.1, 0.15) is 10.4 Å². The van der Waals surface area contributed by atoms with Crippen LogP contribution in [0.3, 0.4) is 0 Å². The van der Waals surface area contributed by atoms with Gasteiger partial charge in [-0.2, -0.15) is 0 Å². The summed E-state index contributed by atoms with van der Waals surface area (Å²) in [5.74, 6) is -0.494. The van der Waals surface area contributed by atoms with E-state index in [1.165, 1.54) is 0 Å². The van der Waals surface area contributed by atoms with E-state index in [0.717, 1.165) is 15.5 Å². The molecule has 2 aromatic carbocycles. The molecule has 1 amide bonds. The molecule has 1 aromatic heterocycles. The first-order chi connectivity index (χ1) is 8.65. The van der Waals surface area contributed by atoms with Crippen LogP contribution in [0.4, 0.5) is 0 Å². The van der Waals surface area contributed by atoms with Gasteiger partial charge in [0.1, 0.15) is 5.52 Å². The van der Waals surface area contributed by atoms with Gasteiger partial charge in [0.15, 0.2) is 0 Å². The molecule has 0 bridgehead atoms. The van der Waals surface area contributed by atoms with Crippen molar-refractivity contribution in [3.05, 3.63) is 46.4 Å². The third-order valence-electron chi connectivity index (χ3n) is 2.69. The highest BCUT2D eigenvalue weighted by molar-refractivity contribution is 9.10. The molecule has 4 nitrogen and oxygen atoms in total. The molecule has 0 spiro atoms. The van der Waals surface area contributed by atoms with E-state index in [4.69, 9.17) is 5.73 Å². The first-order valence-corrected chi connectivity index (χ1v) is 6.10. The molecule has 3 rings (SSSR count). The van der Waals surface area contributed by atoms with Gasteiger partial charge in [0.05, 0.1) is 22.1 Å². The van der Waals surface area contributed by atoms with Gasteiger partial charge in [0.2, 0.25) is 0 Å². The minimum absolute atomic E-state index is 0.393. The highest BCUT2D eigenvalue weighted by Gasteiger charge is 2.09. The lowest BCUT2D eigenvalue weighted by Gasteiger charge is -2.04. The summed E-state index contributed by atoms with van der Waals surface area (Å²) in [5.41, 5.74) is 8.44. The number of carbonyl (C=O) groups excluding carboxylic acids is 1. The molecule has 88 valence electrons. The van der Waals surface area contributed by atoms with Crippen molar-refractivity contribution in [2.24, 2.45) is 5.73 Å². The van der Waals surface area contributed by atoms with Crippen LogP contribution in [0.15, 0.2) is 40.9 Å². The Balaban J connectivity index is 2.44. The summed E-state index contributed by atoms with van der Waals surface area (Å²) in [6, 6.07) is 10.8. The van der Waals surface area contributed by atoms with Crippen LogP contribution in [-0.4, -0.2) is 15.9 Å². The molecule has 0 atom stereocenters. The lowest BCUT2D eigenvalue weighted by atomic mass is 10.1. The lowest BCUT2D eigenvalue weighted by molar-refractivity contribution is 0.100. The Labute approximate surface area is 111 Å². The lowest BCUT2D eigenvalue weighted by Crippen LogP contribution is -2.12. The first-order valence-electron chi connectivity index (χ1n) is 5.31. The molecular formula is C13H8BrN3O. The highest BCUT2D eigenvalue weighted by Crippen LogP contribution is 2.21. The standard InChI is InChI=1S/C13H8BrN3O/c14-7-4-5-9-11(6-7)16-10-3-1-2-8(13(15)18)12(10)17-9/h1-6H,(H2,15,18). The molecule has 0 radical (unpaired) electrons. The third-order valence-corrected chi connectivity index (χ3v) is 3.18. The van der Waals surface area contributed by atoms with Crippen LogP contribution >= 0.6 is 15.9 Å². The van der Waals surface area contributed by atoms with E-state index in [1.807, 2.05) is 24.3 Å². The average Bonchev–Trinajstić information content (AvgIpc) is 2.35. The van der Waals surface area contributed by atoms with Gasteiger partial charge >= 0.3 is 0 Å². The van der Waals surface area contributed by atoms with Crippen molar-refractivity contribution in [3.63, 3.8) is 0 Å². The normalized spacial score (nSPS) is 10.9. The number of carbonyl (C=O) groups is 1. The predicted molar refractivity (Wildman–Crippen MR) is 73.3 cm³/mol. The summed E-state index contributed by atoms with van der Waals surface area (Å²) in [7, 11) is 0. The summed E-state index contributed by atoms with van der Waals surface area (Å²) < 4.78 is 0.940. The molecule has 18 heavy (non-hydrogen) atoms. The Hall–Kier alpha value is -2.01. The van der Waals surface area contributed by atoms with Crippen molar-refractivity contribution in [1.82, 2.24) is 9.97 Å². The van der Waals surface area contributed by atoms with E-state index < -0.39 is 5.91 Å². The summed E-state index contributed by atoms with van der Waals surface area (Å²) in [5, 5.41) is 0. The van der Waals surface area contributed by atoms with Gasteiger partial charge in [-0.05, 0) is 30.3 Å². The molecule has 0 saturated heterocycles. The van der Waals surface area contributed by atoms with Crippen LogP contribution in [-0.2, 0) is 0 Å². The van der Waals surface area contributed by atoms with E-state index >= 15 is 0 Å². The van der Waals surface area contributed by atoms with E-state index in [-0.39, 0.29) is 0 Å². The van der Waals surface area contributed by atoms with Gasteiger partial charge in [-0.15, -0.1) is 0 Å². The van der Waals surface area contributed by atoms with E-state index in [2.05, 4.69) is 25.9 Å². The number of halogens is 1. The predicted octanol–water partition coefficient (Wildman–Crippen LogP) is 2.64. The number of para-hydroxylation sites is 1. The van der Waals surface area contributed by atoms with Crippen molar-refractivity contribution in [2.45, 2.75) is 0 Å². The number of rotatable bonds is 1. The fourth-order valence-corrected chi connectivity index (χ4v) is 2.22. The molecule has 2 N–H and O–H groups in total. The maximum Gasteiger partial charge on any atom is 0.250 e. The Morgan fingerprint density at radius 1 is 1.06 bits per heavy atom. The van der Waals surface area contributed by atoms with Gasteiger partial charge in [0.25, 0.3) is 5.91 Å². The van der Waals surface area contributed by atoms with Gasteiger partial charge in [-0.1, -0.05) is 22.0 Å². The zero-order chi connectivity index (χ0) is 12.7. The topological polar surface area (TPSA) is 68.9 Å². The fourth-order valence-electron chi connectivity index (χ4n) is 1.87. The molecule has 3 aromatic rings. The van der Waals surface area contributed by atoms with Crippen molar-refractivity contribution in [2.75, 3.05) is 0 Å². The molecule has 1 heterocycles. The Morgan fingerprint density at radius 3 is 2.67 bits per heavy atom. The van der Waals surface area contributed by atoms with Gasteiger partial charge in [-0.25, -0.2) is 9.97 Å². The van der Waals surface area contributed by atoms with Gasteiger partial charge in [-0.3, -0.25) is 4.79 Å². The second-order valence-corrected chi connectivity index (χ2v) is 4.81. The molecule has 0 saturated carbocycles. The first kappa shape index (κ1) is 11.1. The maximum atomic E-state index is 11.4. The summed E-state index contributed by atoms with van der Waals surface area (Å²) in [4.78, 5) is 20.3. The summed E-state index contributed by atoms with van der Waals surface area (Å²) in [6.07, 6.45) is 0. The van der Waals surface area contributed by atoms with Gasteiger partial charge < -0.3 is 5.73 Å². The number of benzene rings is 2. The molecule has 0 aliphatic carbocycles. The molecule has 0 unspecified atom stereocenters. The number of amides is 1. The maximum absolute atomic E-state index is 11.4. The van der Waals surface area contributed by atoms with E-state index in [9.17, 15) is 4.79 Å². The minimum atomic E-state index is -0.494. The van der Waals surface area contributed by atoms with Crippen molar-refractivity contribution < 1.29 is 4.79 Å². The van der Waals surface area contributed by atoms with Crippen molar-refractivity contribution >= 4 is 43.9 Å². The number of fused-ring (bicyclic) bond motifs is 2. The smallest absolute Gasteiger partial charge is 0.250 e. The molecule has 5 heteroatoms. The van der Waals surface area contributed by atoms with Crippen LogP contribution < -0.4 is 5.73 Å². The molecule has 0 aliphatic heterocycles.